The normalized spacial score (nSPS) is 16.7. The maximum Gasteiger partial charge on any atom is 0.227 e. The number of imidazole rings is 1. The molecule has 3 aliphatic rings. The highest BCUT2D eigenvalue weighted by atomic mass is 35.5. The Morgan fingerprint density at radius 3 is 2.64 bits per heavy atom. The molecular formula is C29H31Cl2N3O2. The van der Waals surface area contributed by atoms with Crippen molar-refractivity contribution in [2.75, 3.05) is 13.2 Å². The van der Waals surface area contributed by atoms with Gasteiger partial charge in [0.1, 0.15) is 11.6 Å². The number of aryl methyl sites for hydroxylation is 2. The van der Waals surface area contributed by atoms with Crippen LogP contribution in [-0.2, 0) is 30.7 Å². The van der Waals surface area contributed by atoms with Crippen LogP contribution in [0.4, 0.5) is 0 Å². The number of rotatable bonds is 10. The van der Waals surface area contributed by atoms with E-state index in [0.29, 0.717) is 34.8 Å². The van der Waals surface area contributed by atoms with Crippen molar-refractivity contribution in [2.45, 2.75) is 58.0 Å². The molecule has 0 spiro atoms. The van der Waals surface area contributed by atoms with Crippen molar-refractivity contribution in [1.82, 2.24) is 14.5 Å². The van der Waals surface area contributed by atoms with Crippen LogP contribution in [0, 0.1) is 11.8 Å². The second-order valence-corrected chi connectivity index (χ2v) is 11.4. The summed E-state index contributed by atoms with van der Waals surface area (Å²) in [6.07, 6.45) is 9.50. The first-order chi connectivity index (χ1) is 17.5. The van der Waals surface area contributed by atoms with E-state index in [4.69, 9.17) is 32.9 Å². The Bertz CT molecular complexity index is 1260. The van der Waals surface area contributed by atoms with Crippen molar-refractivity contribution in [3.8, 4) is 17.0 Å². The smallest absolute Gasteiger partial charge is 0.227 e. The zero-order chi connectivity index (χ0) is 24.6. The van der Waals surface area contributed by atoms with Gasteiger partial charge in [-0.05, 0) is 79.8 Å². The number of hydrogen-bond donors (Lipinski definition) is 0. The maximum absolute atomic E-state index is 13.5. The molecule has 0 saturated heterocycles. The van der Waals surface area contributed by atoms with Crippen molar-refractivity contribution in [1.29, 1.82) is 0 Å². The van der Waals surface area contributed by atoms with Crippen molar-refractivity contribution >= 4 is 29.1 Å². The number of amides is 1. The highest BCUT2D eigenvalue weighted by Gasteiger charge is 2.28. The molecule has 2 fully saturated rings. The number of aromatic nitrogens is 2. The standard InChI is InChI=1S/C29H31Cl2N3O2/c30-24-9-7-21(12-25(24)31)13-29(35)34(15-19-3-4-19)16-23-14-22(8-10-27(23)36-18-20-5-6-20)26-17-33-11-1-2-28(33)32-26/h7-10,12,14,17,19-20H,1-6,11,13,15-16,18H2. The summed E-state index contributed by atoms with van der Waals surface area (Å²) in [5, 5.41) is 0.980. The lowest BCUT2D eigenvalue weighted by Crippen LogP contribution is -2.33. The molecule has 0 N–H and O–H groups in total. The summed E-state index contributed by atoms with van der Waals surface area (Å²) in [4.78, 5) is 20.4. The summed E-state index contributed by atoms with van der Waals surface area (Å²) in [5.74, 6) is 3.37. The first-order valence-corrected chi connectivity index (χ1v) is 13.8. The molecule has 0 atom stereocenters. The van der Waals surface area contributed by atoms with Crippen molar-refractivity contribution in [2.24, 2.45) is 11.8 Å². The molecule has 2 saturated carbocycles. The number of carbonyl (C=O) groups is 1. The van der Waals surface area contributed by atoms with Crippen molar-refractivity contribution in [3.63, 3.8) is 0 Å². The van der Waals surface area contributed by atoms with E-state index in [0.717, 1.165) is 60.1 Å². The van der Waals surface area contributed by atoms with Gasteiger partial charge < -0.3 is 14.2 Å². The molecule has 1 amide bonds. The number of hydrogen-bond acceptors (Lipinski definition) is 3. The van der Waals surface area contributed by atoms with Gasteiger partial charge in [-0.3, -0.25) is 4.79 Å². The molecule has 5 nitrogen and oxygen atoms in total. The molecule has 188 valence electrons. The average Bonchev–Trinajstić information content (AvgIpc) is 3.77. The molecule has 2 heterocycles. The van der Waals surface area contributed by atoms with Crippen LogP contribution < -0.4 is 4.74 Å². The fraction of sp³-hybridized carbons (Fsp3) is 0.448. The Balaban J connectivity index is 1.26. The van der Waals surface area contributed by atoms with Crippen molar-refractivity contribution in [3.05, 3.63) is 69.6 Å². The molecule has 3 aromatic rings. The van der Waals surface area contributed by atoms with Gasteiger partial charge in [0.15, 0.2) is 0 Å². The van der Waals surface area contributed by atoms with Crippen LogP contribution in [0.3, 0.4) is 0 Å². The molecule has 36 heavy (non-hydrogen) atoms. The highest BCUT2D eigenvalue weighted by Crippen LogP contribution is 2.35. The van der Waals surface area contributed by atoms with E-state index in [1.165, 1.54) is 32.1 Å². The van der Waals surface area contributed by atoms with Crippen molar-refractivity contribution < 1.29 is 9.53 Å². The minimum absolute atomic E-state index is 0.0970. The Kier molecular flexibility index (Phi) is 6.70. The number of carbonyl (C=O) groups excluding carboxylic acids is 1. The fourth-order valence-corrected chi connectivity index (χ4v) is 5.22. The Hall–Kier alpha value is -2.50. The topological polar surface area (TPSA) is 47.4 Å². The number of fused-ring (bicyclic) bond motifs is 1. The summed E-state index contributed by atoms with van der Waals surface area (Å²) in [5.41, 5.74) is 4.00. The van der Waals surface area contributed by atoms with Gasteiger partial charge in [0.25, 0.3) is 0 Å². The Morgan fingerprint density at radius 2 is 1.89 bits per heavy atom. The summed E-state index contributed by atoms with van der Waals surface area (Å²) in [6, 6.07) is 11.8. The van der Waals surface area contributed by atoms with Gasteiger partial charge in [-0.2, -0.15) is 0 Å². The number of nitrogens with zero attached hydrogens (tertiary/aromatic N) is 3. The van der Waals surface area contributed by atoms with Gasteiger partial charge in [-0.25, -0.2) is 4.98 Å². The van der Waals surface area contributed by atoms with E-state index in [2.05, 4.69) is 29.0 Å². The zero-order valence-corrected chi connectivity index (χ0v) is 21.9. The van der Waals surface area contributed by atoms with E-state index in [9.17, 15) is 4.79 Å². The zero-order valence-electron chi connectivity index (χ0n) is 20.4. The van der Waals surface area contributed by atoms with Crippen LogP contribution in [0.15, 0.2) is 42.6 Å². The predicted octanol–water partition coefficient (Wildman–Crippen LogP) is 6.57. The van der Waals surface area contributed by atoms with Crippen LogP contribution in [0.1, 0.15) is 49.1 Å². The number of halogens is 2. The third-order valence-electron chi connectivity index (χ3n) is 7.42. The van der Waals surface area contributed by atoms with Crippen LogP contribution in [0.25, 0.3) is 11.3 Å². The third kappa shape index (κ3) is 5.57. The van der Waals surface area contributed by atoms with Gasteiger partial charge >= 0.3 is 0 Å². The monoisotopic (exact) mass is 523 g/mol. The lowest BCUT2D eigenvalue weighted by Gasteiger charge is -2.25. The molecule has 2 aromatic carbocycles. The van der Waals surface area contributed by atoms with Gasteiger partial charge in [-0.15, -0.1) is 0 Å². The molecule has 0 radical (unpaired) electrons. The minimum Gasteiger partial charge on any atom is -0.493 e. The molecule has 0 bridgehead atoms. The second-order valence-electron chi connectivity index (χ2n) is 10.6. The summed E-state index contributed by atoms with van der Waals surface area (Å²) in [7, 11) is 0. The van der Waals surface area contributed by atoms with Crippen LogP contribution >= 0.6 is 23.2 Å². The van der Waals surface area contributed by atoms with E-state index < -0.39 is 0 Å². The van der Waals surface area contributed by atoms with E-state index >= 15 is 0 Å². The molecule has 7 heteroatoms. The summed E-state index contributed by atoms with van der Waals surface area (Å²) in [6.45, 7) is 3.07. The lowest BCUT2D eigenvalue weighted by atomic mass is 10.1. The summed E-state index contributed by atoms with van der Waals surface area (Å²) < 4.78 is 8.52. The minimum atomic E-state index is 0.0970. The molecule has 1 aliphatic heterocycles. The quantitative estimate of drug-likeness (QED) is 0.301. The van der Waals surface area contributed by atoms with Crippen LogP contribution in [-0.4, -0.2) is 33.5 Å². The summed E-state index contributed by atoms with van der Waals surface area (Å²) >= 11 is 12.3. The number of benzene rings is 2. The predicted molar refractivity (Wildman–Crippen MR) is 143 cm³/mol. The third-order valence-corrected chi connectivity index (χ3v) is 8.15. The molecular weight excluding hydrogens is 493 g/mol. The highest BCUT2D eigenvalue weighted by molar-refractivity contribution is 6.42. The lowest BCUT2D eigenvalue weighted by molar-refractivity contribution is -0.131. The molecule has 2 aliphatic carbocycles. The Labute approximate surface area is 222 Å². The second kappa shape index (κ2) is 10.1. The first-order valence-electron chi connectivity index (χ1n) is 13.1. The van der Waals surface area contributed by atoms with E-state index in [1.54, 1.807) is 12.1 Å². The van der Waals surface area contributed by atoms with Gasteiger partial charge in [0.05, 0.1) is 28.8 Å². The molecule has 6 rings (SSSR count). The molecule has 0 unspecified atom stereocenters. The van der Waals surface area contributed by atoms with Crippen LogP contribution in [0.5, 0.6) is 5.75 Å². The van der Waals surface area contributed by atoms with Gasteiger partial charge in [-0.1, -0.05) is 29.3 Å². The SMILES string of the molecule is O=C(Cc1ccc(Cl)c(Cl)c1)N(Cc1cc(-c2cn3c(n2)CCC3)ccc1OCC1CC1)CC1CC1. The number of ether oxygens (including phenoxy) is 1. The van der Waals surface area contributed by atoms with E-state index in [1.807, 2.05) is 11.0 Å². The van der Waals surface area contributed by atoms with Gasteiger partial charge in [0, 0.05) is 43.4 Å². The van der Waals surface area contributed by atoms with Crippen LogP contribution in [0.2, 0.25) is 10.0 Å². The average molecular weight is 524 g/mol. The molecule has 1 aromatic heterocycles. The fourth-order valence-electron chi connectivity index (χ4n) is 4.90. The van der Waals surface area contributed by atoms with E-state index in [-0.39, 0.29) is 5.91 Å². The largest absolute Gasteiger partial charge is 0.493 e. The van der Waals surface area contributed by atoms with Gasteiger partial charge in [0.2, 0.25) is 5.91 Å². The Morgan fingerprint density at radius 1 is 1.06 bits per heavy atom. The maximum atomic E-state index is 13.5. The first kappa shape index (κ1) is 23.9.